The number of hydrogen-bond acceptors (Lipinski definition) is 5. The summed E-state index contributed by atoms with van der Waals surface area (Å²) in [7, 11) is 0. The van der Waals surface area contributed by atoms with Crippen molar-refractivity contribution in [2.24, 2.45) is 11.8 Å². The van der Waals surface area contributed by atoms with Gasteiger partial charge in [-0.2, -0.15) is 13.2 Å². The van der Waals surface area contributed by atoms with Crippen LogP contribution in [0.2, 0.25) is 0 Å². The Kier molecular flexibility index (Phi) is 10.2. The van der Waals surface area contributed by atoms with Crippen molar-refractivity contribution in [3.05, 3.63) is 65.5 Å². The molecular weight excluding hydrogens is 484 g/mol. The lowest BCUT2D eigenvalue weighted by atomic mass is 9.99. The first kappa shape index (κ1) is 28.6. The zero-order valence-electron chi connectivity index (χ0n) is 20.0. The maximum Gasteiger partial charge on any atom is 0.408 e. The molecule has 0 fully saturated rings. The van der Waals surface area contributed by atoms with Crippen molar-refractivity contribution in [1.29, 1.82) is 0 Å². The van der Waals surface area contributed by atoms with Gasteiger partial charge in [0.1, 0.15) is 18.5 Å². The minimum atomic E-state index is -4.84. The molecule has 0 aromatic heterocycles. The molecule has 0 saturated carbocycles. The Balaban J connectivity index is 2.16. The van der Waals surface area contributed by atoms with E-state index in [2.05, 4.69) is 5.32 Å². The summed E-state index contributed by atoms with van der Waals surface area (Å²) in [4.78, 5) is 36.8. The molecule has 2 aromatic carbocycles. The molecular formula is C25H28F4N2O5. The number of halogens is 4. The Bertz CT molecular complexity index is 1050. The largest absolute Gasteiger partial charge is 0.466 e. The highest BCUT2D eigenvalue weighted by molar-refractivity contribution is 5.97. The molecule has 196 valence electrons. The number of benzene rings is 2. The van der Waals surface area contributed by atoms with Gasteiger partial charge < -0.3 is 20.1 Å². The number of amides is 2. The molecule has 0 heterocycles. The number of carbonyl (C=O) groups excluding carboxylic acids is 3. The van der Waals surface area contributed by atoms with Crippen molar-refractivity contribution in [2.75, 3.05) is 11.9 Å². The second-order valence-electron chi connectivity index (χ2n) is 8.17. The summed E-state index contributed by atoms with van der Waals surface area (Å²) in [6, 6.07) is 9.93. The third-order valence-corrected chi connectivity index (χ3v) is 5.30. The lowest BCUT2D eigenvalue weighted by molar-refractivity contribution is -0.178. The maximum absolute atomic E-state index is 14.4. The Morgan fingerprint density at radius 1 is 0.972 bits per heavy atom. The summed E-state index contributed by atoms with van der Waals surface area (Å²) >= 11 is 0. The minimum Gasteiger partial charge on any atom is -0.466 e. The van der Waals surface area contributed by atoms with Crippen LogP contribution in [0.15, 0.2) is 48.5 Å². The fourth-order valence-electron chi connectivity index (χ4n) is 3.23. The first-order valence-corrected chi connectivity index (χ1v) is 11.2. The van der Waals surface area contributed by atoms with Crippen LogP contribution in [-0.2, 0) is 32.1 Å². The third kappa shape index (κ3) is 8.54. The molecule has 0 bridgehead atoms. The van der Waals surface area contributed by atoms with Crippen molar-refractivity contribution < 1.29 is 41.4 Å². The number of alkyl carbamates (subject to hydrolysis) is 1. The van der Waals surface area contributed by atoms with Crippen molar-refractivity contribution in [1.82, 2.24) is 5.32 Å². The Morgan fingerprint density at radius 3 is 2.25 bits per heavy atom. The number of hydrogen-bond donors (Lipinski definition) is 2. The van der Waals surface area contributed by atoms with Crippen LogP contribution in [0.4, 0.5) is 28.0 Å². The van der Waals surface area contributed by atoms with Crippen LogP contribution < -0.4 is 10.6 Å². The van der Waals surface area contributed by atoms with Crippen LogP contribution in [0.25, 0.3) is 0 Å². The van der Waals surface area contributed by atoms with Gasteiger partial charge in [0.05, 0.1) is 24.1 Å². The van der Waals surface area contributed by atoms with E-state index in [1.54, 1.807) is 44.2 Å². The number of rotatable bonds is 10. The molecule has 0 spiro atoms. The number of esters is 1. The van der Waals surface area contributed by atoms with Crippen LogP contribution in [0, 0.1) is 17.7 Å². The van der Waals surface area contributed by atoms with E-state index in [9.17, 15) is 31.9 Å². The van der Waals surface area contributed by atoms with Gasteiger partial charge in [-0.25, -0.2) is 9.18 Å². The second-order valence-corrected chi connectivity index (χ2v) is 8.17. The molecule has 2 amide bonds. The van der Waals surface area contributed by atoms with Gasteiger partial charge in [0.15, 0.2) is 0 Å². The Labute approximate surface area is 206 Å². The lowest BCUT2D eigenvalue weighted by Gasteiger charge is -2.26. The molecule has 2 rings (SSSR count). The van der Waals surface area contributed by atoms with Crippen LogP contribution in [0.1, 0.15) is 31.9 Å². The second kappa shape index (κ2) is 12.9. The number of nitrogens with one attached hydrogen (secondary N) is 2. The number of alkyl halides is 3. The number of anilines is 1. The highest BCUT2D eigenvalue weighted by Crippen LogP contribution is 2.29. The van der Waals surface area contributed by atoms with Gasteiger partial charge >= 0.3 is 18.2 Å². The van der Waals surface area contributed by atoms with Crippen LogP contribution in [0.5, 0.6) is 0 Å². The normalized spacial score (nSPS) is 13.8. The van der Waals surface area contributed by atoms with Crippen LogP contribution in [0.3, 0.4) is 0 Å². The Morgan fingerprint density at radius 2 is 1.64 bits per heavy atom. The van der Waals surface area contributed by atoms with E-state index < -0.39 is 53.5 Å². The van der Waals surface area contributed by atoms with E-state index in [0.29, 0.717) is 11.1 Å². The average Bonchev–Trinajstić information content (AvgIpc) is 2.83. The van der Waals surface area contributed by atoms with Gasteiger partial charge in [-0.3, -0.25) is 9.59 Å². The van der Waals surface area contributed by atoms with Crippen LogP contribution in [-0.4, -0.2) is 36.8 Å². The summed E-state index contributed by atoms with van der Waals surface area (Å²) in [5, 5.41) is 4.04. The standard InChI is InChI=1S/C25H28F4N2O5/c1-4-35-23(33)15(2)12-18-10-11-19(26)20(13-18)30-22(32)21(16(3)25(27,28)29)31-24(34)36-14-17-8-6-5-7-9-17/h5-11,13,15-16,21H,4,12,14H2,1-3H3,(H,30,32)(H,31,34)/t15-,16+,21-/m0/s1. The number of carbonyl (C=O) groups is 3. The van der Waals surface area contributed by atoms with Crippen molar-refractivity contribution in [3.63, 3.8) is 0 Å². The summed E-state index contributed by atoms with van der Waals surface area (Å²) in [5.41, 5.74) is 0.642. The van der Waals surface area contributed by atoms with E-state index >= 15 is 0 Å². The smallest absolute Gasteiger partial charge is 0.408 e. The fraction of sp³-hybridized carbons (Fsp3) is 0.400. The molecule has 0 saturated heterocycles. The highest BCUT2D eigenvalue weighted by Gasteiger charge is 2.45. The maximum atomic E-state index is 14.4. The minimum absolute atomic E-state index is 0.147. The molecule has 0 unspecified atom stereocenters. The molecule has 36 heavy (non-hydrogen) atoms. The molecule has 0 aliphatic rings. The van der Waals surface area contributed by atoms with Gasteiger partial charge in [0.25, 0.3) is 0 Å². The zero-order valence-corrected chi connectivity index (χ0v) is 20.0. The molecule has 0 aliphatic carbocycles. The highest BCUT2D eigenvalue weighted by atomic mass is 19.4. The predicted octanol–water partition coefficient (Wildman–Crippen LogP) is 5.00. The molecule has 11 heteroatoms. The summed E-state index contributed by atoms with van der Waals surface area (Å²) < 4.78 is 64.5. The number of ether oxygens (including phenoxy) is 2. The quantitative estimate of drug-likeness (QED) is 0.345. The topological polar surface area (TPSA) is 93.7 Å². The van der Waals surface area contributed by atoms with Crippen LogP contribution >= 0.6 is 0 Å². The molecule has 2 N–H and O–H groups in total. The van der Waals surface area contributed by atoms with Crippen molar-refractivity contribution in [2.45, 2.75) is 46.0 Å². The van der Waals surface area contributed by atoms with Crippen molar-refractivity contribution >= 4 is 23.7 Å². The van der Waals surface area contributed by atoms with E-state index in [0.717, 1.165) is 13.0 Å². The zero-order chi connectivity index (χ0) is 26.9. The summed E-state index contributed by atoms with van der Waals surface area (Å²) in [5.74, 6) is -5.54. The Hall–Kier alpha value is -3.63. The van der Waals surface area contributed by atoms with Crippen molar-refractivity contribution in [3.8, 4) is 0 Å². The summed E-state index contributed by atoms with van der Waals surface area (Å²) in [6.45, 7) is 3.94. The SMILES string of the molecule is CCOC(=O)[C@@H](C)Cc1ccc(F)c(NC(=O)[C@@H](NC(=O)OCc2ccccc2)[C@@H](C)C(F)(F)F)c1. The van der Waals surface area contributed by atoms with Gasteiger partial charge in [-0.05, 0) is 36.6 Å². The van der Waals surface area contributed by atoms with Gasteiger partial charge in [-0.15, -0.1) is 0 Å². The third-order valence-electron chi connectivity index (χ3n) is 5.30. The van der Waals surface area contributed by atoms with E-state index in [1.165, 1.54) is 12.1 Å². The van der Waals surface area contributed by atoms with Gasteiger partial charge in [0.2, 0.25) is 5.91 Å². The molecule has 2 aromatic rings. The first-order valence-electron chi connectivity index (χ1n) is 11.2. The summed E-state index contributed by atoms with van der Waals surface area (Å²) in [6.07, 6.45) is -5.94. The van der Waals surface area contributed by atoms with E-state index in [4.69, 9.17) is 9.47 Å². The monoisotopic (exact) mass is 512 g/mol. The lowest BCUT2D eigenvalue weighted by Crippen LogP contribution is -2.52. The molecule has 3 atom stereocenters. The van der Waals surface area contributed by atoms with Gasteiger partial charge in [0, 0.05) is 0 Å². The van der Waals surface area contributed by atoms with Gasteiger partial charge in [-0.1, -0.05) is 50.2 Å². The van der Waals surface area contributed by atoms with E-state index in [1.807, 2.05) is 5.32 Å². The molecule has 0 radical (unpaired) electrons. The average molecular weight is 513 g/mol. The van der Waals surface area contributed by atoms with E-state index in [-0.39, 0.29) is 19.6 Å². The fourth-order valence-corrected chi connectivity index (χ4v) is 3.23. The first-order chi connectivity index (χ1) is 16.9. The molecule has 0 aliphatic heterocycles. The molecule has 7 nitrogen and oxygen atoms in total. The predicted molar refractivity (Wildman–Crippen MR) is 123 cm³/mol.